The Bertz CT molecular complexity index is 2920. The molecule has 236 valence electrons. The third kappa shape index (κ3) is 4.55. The topological polar surface area (TPSA) is 25.2 Å². The third-order valence-electron chi connectivity index (χ3n) is 10.0. The van der Waals surface area contributed by atoms with Crippen molar-refractivity contribution in [1.82, 2.24) is 0 Å². The van der Waals surface area contributed by atoms with Gasteiger partial charge in [-0.3, -0.25) is 0 Å². The van der Waals surface area contributed by atoms with E-state index in [1.807, 2.05) is 17.4 Å². The Morgan fingerprint density at radius 3 is 2.08 bits per heavy atom. The second-order valence-electron chi connectivity index (χ2n) is 13.0. The van der Waals surface area contributed by atoms with Gasteiger partial charge in [-0.15, -0.1) is 11.3 Å². The van der Waals surface area contributed by atoms with Gasteiger partial charge in [0.1, 0.15) is 11.2 Å². The molecule has 0 saturated heterocycles. The molecule has 2 aromatic heterocycles. The number of anilines is 2. The molecule has 0 amide bonds. The normalized spacial score (nSPS) is 11.7. The average Bonchev–Trinajstić information content (AvgIpc) is 3.74. The maximum absolute atomic E-state index is 6.48. The molecule has 0 radical (unpaired) electrons. The van der Waals surface area contributed by atoms with Gasteiger partial charge in [-0.25, -0.2) is 0 Å². The fourth-order valence-electron chi connectivity index (χ4n) is 7.67. The summed E-state index contributed by atoms with van der Waals surface area (Å²) in [6.45, 7) is 2.21. The molecular weight excluding hydrogens is 627 g/mol. The number of hydrogen-bond acceptors (Lipinski definition) is 3. The lowest BCUT2D eigenvalue weighted by Gasteiger charge is -2.19. The molecule has 0 spiro atoms. The summed E-state index contributed by atoms with van der Waals surface area (Å²) in [4.78, 5) is 0. The Kier molecular flexibility index (Phi) is 6.61. The number of nitrogens with one attached hydrogen (secondary N) is 1. The number of hydrogen-bond donors (Lipinski definition) is 1. The minimum absolute atomic E-state index is 0.862. The third-order valence-corrected chi connectivity index (χ3v) is 11.3. The van der Waals surface area contributed by atoms with Gasteiger partial charge < -0.3 is 9.73 Å². The smallest absolute Gasteiger partial charge is 0.137 e. The van der Waals surface area contributed by atoms with Crippen LogP contribution in [0, 0.1) is 6.92 Å². The van der Waals surface area contributed by atoms with Gasteiger partial charge >= 0.3 is 0 Å². The zero-order chi connectivity index (χ0) is 33.2. The average molecular weight is 658 g/mol. The van der Waals surface area contributed by atoms with Gasteiger partial charge in [0.15, 0.2) is 0 Å². The van der Waals surface area contributed by atoms with Gasteiger partial charge in [-0.05, 0) is 82.4 Å². The molecule has 10 aromatic rings. The van der Waals surface area contributed by atoms with Crippen LogP contribution in [0.5, 0.6) is 0 Å². The van der Waals surface area contributed by atoms with Crippen molar-refractivity contribution in [1.29, 1.82) is 0 Å². The number of furan rings is 1. The van der Waals surface area contributed by atoms with Crippen molar-refractivity contribution < 1.29 is 4.42 Å². The number of fused-ring (bicyclic) bond motifs is 7. The van der Waals surface area contributed by atoms with Crippen molar-refractivity contribution in [2.45, 2.75) is 6.92 Å². The van der Waals surface area contributed by atoms with Crippen molar-refractivity contribution in [2.75, 3.05) is 5.32 Å². The molecule has 2 nitrogen and oxygen atoms in total. The van der Waals surface area contributed by atoms with Gasteiger partial charge in [-0.1, -0.05) is 121 Å². The van der Waals surface area contributed by atoms with Crippen molar-refractivity contribution in [3.05, 3.63) is 169 Å². The SMILES string of the molecule is Cc1ccccc1-c1cc(-c2ccc3oc4ccccc4c3c2Nc2ccccc2-c2cccc3ccccc23)cc2c1sc1ccccc12. The first-order valence-corrected chi connectivity index (χ1v) is 17.8. The number of rotatable bonds is 5. The van der Waals surface area contributed by atoms with E-state index in [4.69, 9.17) is 4.42 Å². The van der Waals surface area contributed by atoms with Gasteiger partial charge in [-0.2, -0.15) is 0 Å². The number of para-hydroxylation sites is 2. The van der Waals surface area contributed by atoms with Gasteiger partial charge in [0.05, 0.1) is 11.1 Å². The van der Waals surface area contributed by atoms with E-state index in [0.717, 1.165) is 50.0 Å². The van der Waals surface area contributed by atoms with Crippen molar-refractivity contribution >= 4 is 75.6 Å². The summed E-state index contributed by atoms with van der Waals surface area (Å²) >= 11 is 1.88. The number of aryl methyl sites for hydroxylation is 1. The maximum atomic E-state index is 6.48. The molecule has 0 unspecified atom stereocenters. The highest BCUT2D eigenvalue weighted by Crippen LogP contribution is 2.48. The molecule has 0 fully saturated rings. The number of benzene rings is 8. The molecular formula is C47H31NOS. The fraction of sp³-hybridized carbons (Fsp3) is 0.0213. The van der Waals surface area contributed by atoms with Gasteiger partial charge in [0, 0.05) is 47.9 Å². The van der Waals surface area contributed by atoms with Crippen LogP contribution in [0.4, 0.5) is 11.4 Å². The monoisotopic (exact) mass is 657 g/mol. The van der Waals surface area contributed by atoms with Crippen LogP contribution >= 0.6 is 11.3 Å². The summed E-state index contributed by atoms with van der Waals surface area (Å²) in [6.07, 6.45) is 0. The van der Waals surface area contributed by atoms with E-state index in [1.165, 1.54) is 53.2 Å². The second-order valence-corrected chi connectivity index (χ2v) is 14.0. The van der Waals surface area contributed by atoms with Crippen LogP contribution in [0.15, 0.2) is 168 Å². The molecule has 0 aliphatic rings. The predicted molar refractivity (Wildman–Crippen MR) is 215 cm³/mol. The maximum Gasteiger partial charge on any atom is 0.137 e. The molecule has 8 aromatic carbocycles. The zero-order valence-electron chi connectivity index (χ0n) is 27.4. The Morgan fingerprint density at radius 1 is 0.480 bits per heavy atom. The van der Waals surface area contributed by atoms with Crippen LogP contribution in [0.3, 0.4) is 0 Å². The molecule has 50 heavy (non-hydrogen) atoms. The summed E-state index contributed by atoms with van der Waals surface area (Å²) < 4.78 is 9.09. The van der Waals surface area contributed by atoms with E-state index in [-0.39, 0.29) is 0 Å². The zero-order valence-corrected chi connectivity index (χ0v) is 28.2. The lowest BCUT2D eigenvalue weighted by Crippen LogP contribution is -1.97. The Morgan fingerprint density at radius 2 is 1.18 bits per heavy atom. The van der Waals surface area contributed by atoms with Crippen LogP contribution in [-0.2, 0) is 0 Å². The van der Waals surface area contributed by atoms with Crippen LogP contribution in [-0.4, -0.2) is 0 Å². The van der Waals surface area contributed by atoms with E-state index in [0.29, 0.717) is 0 Å². The minimum atomic E-state index is 0.862. The summed E-state index contributed by atoms with van der Waals surface area (Å²) in [7, 11) is 0. The van der Waals surface area contributed by atoms with E-state index in [2.05, 4.69) is 170 Å². The quantitative estimate of drug-likeness (QED) is 0.199. The largest absolute Gasteiger partial charge is 0.456 e. The minimum Gasteiger partial charge on any atom is -0.456 e. The highest BCUT2D eigenvalue weighted by Gasteiger charge is 2.21. The summed E-state index contributed by atoms with van der Waals surface area (Å²) in [5, 5.41) is 11.2. The Hall–Kier alpha value is -6.16. The molecule has 0 saturated carbocycles. The standard InChI is InChI=1S/C47H31NOS/c1-29-13-2-4-16-32(29)39-27-31(28-40-37-19-8-11-24-44(37)50-47(39)40)34-25-26-43-45(38-20-7-10-23-42(38)49-43)46(34)48-41-22-9-6-18-36(41)35-21-12-15-30-14-3-5-17-33(30)35/h2-28,48H,1H3. The fourth-order valence-corrected chi connectivity index (χ4v) is 8.88. The first kappa shape index (κ1) is 28.8. The van der Waals surface area contributed by atoms with E-state index in [1.54, 1.807) is 0 Å². The summed E-state index contributed by atoms with van der Waals surface area (Å²) in [5.74, 6) is 0. The second kappa shape index (κ2) is 11.5. The summed E-state index contributed by atoms with van der Waals surface area (Å²) in [5.41, 5.74) is 12.3. The van der Waals surface area contributed by atoms with Gasteiger partial charge in [0.2, 0.25) is 0 Å². The highest BCUT2D eigenvalue weighted by molar-refractivity contribution is 7.26. The molecule has 3 heteroatoms. The van der Waals surface area contributed by atoms with Crippen LogP contribution in [0.1, 0.15) is 5.56 Å². The molecule has 0 atom stereocenters. The molecule has 1 N–H and O–H groups in total. The van der Waals surface area contributed by atoms with E-state index >= 15 is 0 Å². The van der Waals surface area contributed by atoms with Crippen LogP contribution < -0.4 is 5.32 Å². The predicted octanol–water partition coefficient (Wildman–Crippen LogP) is 14.2. The van der Waals surface area contributed by atoms with Crippen LogP contribution in [0.25, 0.3) is 86.3 Å². The molecule has 0 aliphatic heterocycles. The van der Waals surface area contributed by atoms with Crippen molar-refractivity contribution in [2.24, 2.45) is 0 Å². The lowest BCUT2D eigenvalue weighted by atomic mass is 9.92. The molecule has 0 aliphatic carbocycles. The Balaban J connectivity index is 1.27. The summed E-state index contributed by atoms with van der Waals surface area (Å²) in [6, 6.07) is 58.8. The van der Waals surface area contributed by atoms with Crippen molar-refractivity contribution in [3.63, 3.8) is 0 Å². The number of thiophene rings is 1. The van der Waals surface area contributed by atoms with E-state index in [9.17, 15) is 0 Å². The molecule has 2 heterocycles. The van der Waals surface area contributed by atoms with E-state index < -0.39 is 0 Å². The Labute approximate surface area is 293 Å². The molecule has 0 bridgehead atoms. The lowest BCUT2D eigenvalue weighted by molar-refractivity contribution is 0.669. The molecule has 10 rings (SSSR count). The highest BCUT2D eigenvalue weighted by atomic mass is 32.1. The van der Waals surface area contributed by atoms with Gasteiger partial charge in [0.25, 0.3) is 0 Å². The first-order chi connectivity index (χ1) is 24.7. The first-order valence-electron chi connectivity index (χ1n) is 17.0. The van der Waals surface area contributed by atoms with Crippen LogP contribution in [0.2, 0.25) is 0 Å². The van der Waals surface area contributed by atoms with Crippen molar-refractivity contribution in [3.8, 4) is 33.4 Å².